The molecule has 0 radical (unpaired) electrons. The molecule has 0 unspecified atom stereocenters. The van der Waals surface area contributed by atoms with Crippen molar-refractivity contribution in [2.75, 3.05) is 17.1 Å². The highest BCUT2D eigenvalue weighted by Gasteiger charge is 2.18. The lowest BCUT2D eigenvalue weighted by molar-refractivity contribution is -0.121. The average Bonchev–Trinajstić information content (AvgIpc) is 2.66. The molecular weight excluding hydrogens is 384 g/mol. The Morgan fingerprint density at radius 2 is 1.72 bits per heavy atom. The van der Waals surface area contributed by atoms with Gasteiger partial charge in [-0.2, -0.15) is 0 Å². The van der Waals surface area contributed by atoms with Crippen LogP contribution in [-0.2, 0) is 21.2 Å². The highest BCUT2D eigenvalue weighted by atomic mass is 32.2. The highest BCUT2D eigenvalue weighted by Crippen LogP contribution is 2.20. The minimum absolute atomic E-state index is 0.0782. The van der Waals surface area contributed by atoms with Gasteiger partial charge in [-0.25, -0.2) is 8.42 Å². The van der Waals surface area contributed by atoms with Crippen LogP contribution in [0, 0.1) is 13.8 Å². The molecule has 0 aliphatic carbocycles. The molecule has 0 aliphatic rings. The van der Waals surface area contributed by atoms with Crippen LogP contribution in [-0.4, -0.2) is 27.1 Å². The van der Waals surface area contributed by atoms with Crippen molar-refractivity contribution in [2.45, 2.75) is 53.0 Å². The van der Waals surface area contributed by atoms with E-state index in [4.69, 9.17) is 0 Å². The number of aryl methyl sites for hydroxylation is 3. The van der Waals surface area contributed by atoms with E-state index < -0.39 is 10.0 Å². The molecular formula is C23H32N2O3S. The average molecular weight is 417 g/mol. The van der Waals surface area contributed by atoms with Crippen molar-refractivity contribution in [3.63, 3.8) is 0 Å². The van der Waals surface area contributed by atoms with Crippen LogP contribution in [0.15, 0.2) is 42.5 Å². The summed E-state index contributed by atoms with van der Waals surface area (Å²) in [7, 11) is -3.41. The Morgan fingerprint density at radius 1 is 1.07 bits per heavy atom. The number of carbonyl (C=O) groups is 1. The van der Waals surface area contributed by atoms with E-state index in [1.165, 1.54) is 21.7 Å². The van der Waals surface area contributed by atoms with Crippen molar-refractivity contribution in [2.24, 2.45) is 0 Å². The van der Waals surface area contributed by atoms with Crippen molar-refractivity contribution in [3.05, 3.63) is 64.7 Å². The quantitative estimate of drug-likeness (QED) is 0.663. The standard InChI is InChI=1S/C23H32N2O3S/c1-6-20-10-13-22(14-11-20)25(29(5,27)28)15-7-8-23(26)24-19(4)21-12-9-17(2)18(3)16-21/h9-14,16,19H,6-8,15H2,1-5H3,(H,24,26)/t19-/m0/s1. The van der Waals surface area contributed by atoms with Crippen LogP contribution >= 0.6 is 0 Å². The third kappa shape index (κ3) is 6.60. The summed E-state index contributed by atoms with van der Waals surface area (Å²) in [5.74, 6) is -0.0782. The van der Waals surface area contributed by atoms with Crippen LogP contribution in [0.4, 0.5) is 5.69 Å². The van der Waals surface area contributed by atoms with Gasteiger partial charge in [-0.1, -0.05) is 37.3 Å². The summed E-state index contributed by atoms with van der Waals surface area (Å²) in [6, 6.07) is 13.6. The van der Waals surface area contributed by atoms with E-state index in [1.54, 1.807) is 0 Å². The molecule has 0 spiro atoms. The van der Waals surface area contributed by atoms with Crippen LogP contribution < -0.4 is 9.62 Å². The Hall–Kier alpha value is -2.34. The van der Waals surface area contributed by atoms with Gasteiger partial charge in [-0.05, 0) is 68.0 Å². The summed E-state index contributed by atoms with van der Waals surface area (Å²) in [5, 5.41) is 3.00. The number of hydrogen-bond donors (Lipinski definition) is 1. The topological polar surface area (TPSA) is 66.5 Å². The Balaban J connectivity index is 1.94. The van der Waals surface area contributed by atoms with Crippen molar-refractivity contribution in [1.82, 2.24) is 5.32 Å². The number of hydrogen-bond acceptors (Lipinski definition) is 3. The minimum Gasteiger partial charge on any atom is -0.350 e. The van der Waals surface area contributed by atoms with Crippen molar-refractivity contribution in [1.29, 1.82) is 0 Å². The zero-order chi connectivity index (χ0) is 21.6. The van der Waals surface area contributed by atoms with Gasteiger partial charge in [0.2, 0.25) is 15.9 Å². The normalized spacial score (nSPS) is 12.4. The third-order valence-corrected chi connectivity index (χ3v) is 6.40. The van der Waals surface area contributed by atoms with E-state index in [0.717, 1.165) is 17.5 Å². The van der Waals surface area contributed by atoms with Crippen LogP contribution in [0.5, 0.6) is 0 Å². The number of carbonyl (C=O) groups excluding carboxylic acids is 1. The molecule has 1 amide bonds. The van der Waals surface area contributed by atoms with Gasteiger partial charge in [0.1, 0.15) is 0 Å². The molecule has 0 fully saturated rings. The first kappa shape index (κ1) is 22.9. The lowest BCUT2D eigenvalue weighted by Gasteiger charge is -2.23. The molecule has 0 aliphatic heterocycles. The zero-order valence-electron chi connectivity index (χ0n) is 18.0. The molecule has 6 heteroatoms. The van der Waals surface area contributed by atoms with E-state index in [0.29, 0.717) is 12.1 Å². The summed E-state index contributed by atoms with van der Waals surface area (Å²) in [6.07, 6.45) is 2.82. The molecule has 0 saturated heterocycles. The van der Waals surface area contributed by atoms with E-state index in [9.17, 15) is 13.2 Å². The van der Waals surface area contributed by atoms with Gasteiger partial charge in [-0.15, -0.1) is 0 Å². The van der Waals surface area contributed by atoms with Crippen molar-refractivity contribution < 1.29 is 13.2 Å². The molecule has 2 aromatic carbocycles. The minimum atomic E-state index is -3.41. The molecule has 1 N–H and O–H groups in total. The fourth-order valence-electron chi connectivity index (χ4n) is 3.20. The van der Waals surface area contributed by atoms with Crippen LogP contribution in [0.3, 0.4) is 0 Å². The number of anilines is 1. The molecule has 2 aromatic rings. The van der Waals surface area contributed by atoms with E-state index in [-0.39, 0.29) is 24.9 Å². The third-order valence-electron chi connectivity index (χ3n) is 5.21. The Kier molecular flexibility index (Phi) is 7.85. The number of rotatable bonds is 9. The van der Waals surface area contributed by atoms with E-state index in [1.807, 2.05) is 37.3 Å². The molecule has 0 heterocycles. The molecule has 0 aromatic heterocycles. The summed E-state index contributed by atoms with van der Waals surface area (Å²) in [5.41, 5.74) is 5.27. The maximum Gasteiger partial charge on any atom is 0.232 e. The Bertz CT molecular complexity index is 937. The molecule has 2 rings (SSSR count). The fraction of sp³-hybridized carbons (Fsp3) is 0.435. The Morgan fingerprint density at radius 3 is 2.28 bits per heavy atom. The largest absolute Gasteiger partial charge is 0.350 e. The number of amides is 1. The summed E-state index contributed by atoms with van der Waals surface area (Å²) in [6.45, 7) is 8.41. The highest BCUT2D eigenvalue weighted by molar-refractivity contribution is 7.92. The maximum absolute atomic E-state index is 12.4. The Labute approximate surface area is 175 Å². The summed E-state index contributed by atoms with van der Waals surface area (Å²) >= 11 is 0. The van der Waals surface area contributed by atoms with Crippen LogP contribution in [0.25, 0.3) is 0 Å². The van der Waals surface area contributed by atoms with Gasteiger partial charge in [0.15, 0.2) is 0 Å². The molecule has 1 atom stereocenters. The van der Waals surface area contributed by atoms with Gasteiger partial charge in [0.05, 0.1) is 18.0 Å². The lowest BCUT2D eigenvalue weighted by Crippen LogP contribution is -2.32. The SMILES string of the molecule is CCc1ccc(N(CCCC(=O)N[C@@H](C)c2ccc(C)c(C)c2)S(C)(=O)=O)cc1. The maximum atomic E-state index is 12.4. The monoisotopic (exact) mass is 416 g/mol. The van der Waals surface area contributed by atoms with Gasteiger partial charge in [-0.3, -0.25) is 9.10 Å². The number of nitrogens with one attached hydrogen (secondary N) is 1. The van der Waals surface area contributed by atoms with Crippen molar-refractivity contribution >= 4 is 21.6 Å². The number of benzene rings is 2. The predicted molar refractivity (Wildman–Crippen MR) is 120 cm³/mol. The van der Waals surface area contributed by atoms with Crippen LogP contribution in [0.1, 0.15) is 55.0 Å². The van der Waals surface area contributed by atoms with Gasteiger partial charge < -0.3 is 5.32 Å². The van der Waals surface area contributed by atoms with E-state index in [2.05, 4.69) is 38.2 Å². The second kappa shape index (κ2) is 9.92. The van der Waals surface area contributed by atoms with E-state index >= 15 is 0 Å². The molecule has 0 bridgehead atoms. The predicted octanol–water partition coefficient (Wildman–Crippen LogP) is 4.29. The number of sulfonamides is 1. The number of nitrogens with zero attached hydrogens (tertiary/aromatic N) is 1. The fourth-order valence-corrected chi connectivity index (χ4v) is 4.16. The second-order valence-electron chi connectivity index (χ2n) is 7.59. The molecule has 158 valence electrons. The lowest BCUT2D eigenvalue weighted by atomic mass is 10.0. The molecule has 29 heavy (non-hydrogen) atoms. The summed E-state index contributed by atoms with van der Waals surface area (Å²) in [4.78, 5) is 12.4. The van der Waals surface area contributed by atoms with Crippen LogP contribution in [0.2, 0.25) is 0 Å². The van der Waals surface area contributed by atoms with Gasteiger partial charge >= 0.3 is 0 Å². The van der Waals surface area contributed by atoms with Crippen molar-refractivity contribution in [3.8, 4) is 0 Å². The molecule has 0 saturated carbocycles. The first-order valence-corrected chi connectivity index (χ1v) is 11.9. The van der Waals surface area contributed by atoms with Gasteiger partial charge in [0, 0.05) is 13.0 Å². The first-order chi connectivity index (χ1) is 13.6. The first-order valence-electron chi connectivity index (χ1n) is 10.0. The summed E-state index contributed by atoms with van der Waals surface area (Å²) < 4.78 is 25.8. The smallest absolute Gasteiger partial charge is 0.232 e. The molecule has 5 nitrogen and oxygen atoms in total. The zero-order valence-corrected chi connectivity index (χ0v) is 18.8. The second-order valence-corrected chi connectivity index (χ2v) is 9.50. The van der Waals surface area contributed by atoms with Gasteiger partial charge in [0.25, 0.3) is 0 Å².